The molecule has 0 saturated heterocycles. The molecule has 3 aromatic rings. The van der Waals surface area contributed by atoms with Crippen molar-refractivity contribution in [2.45, 2.75) is 0 Å². The number of hydrogen-bond donors (Lipinski definition) is 3. The third-order valence-electron chi connectivity index (χ3n) is 4.84. The highest BCUT2D eigenvalue weighted by Gasteiger charge is 2.15. The minimum Gasteiger partial charge on any atom is -0.497 e. The molecule has 3 N–H and O–H groups in total. The minimum atomic E-state index is -0.962. The van der Waals surface area contributed by atoms with Crippen molar-refractivity contribution in [2.24, 2.45) is 5.10 Å². The summed E-state index contributed by atoms with van der Waals surface area (Å²) in [7, 11) is 4.44. The molecule has 0 bridgehead atoms. The second-order valence-corrected chi connectivity index (χ2v) is 7.33. The van der Waals surface area contributed by atoms with Gasteiger partial charge in [0.15, 0.2) is 18.1 Å². The lowest BCUT2D eigenvalue weighted by Crippen LogP contribution is -2.32. The Bertz CT molecular complexity index is 1290. The molecule has 192 valence electrons. The normalized spacial score (nSPS) is 10.4. The number of rotatable bonds is 10. The summed E-state index contributed by atoms with van der Waals surface area (Å²) in [5, 5.41) is 8.97. The predicted molar refractivity (Wildman–Crippen MR) is 137 cm³/mol. The van der Waals surface area contributed by atoms with Crippen molar-refractivity contribution < 1.29 is 33.3 Å². The van der Waals surface area contributed by atoms with Gasteiger partial charge < -0.3 is 29.6 Å². The Labute approximate surface area is 213 Å². The molecular formula is C26H26N4O7. The van der Waals surface area contributed by atoms with Crippen molar-refractivity contribution in [2.75, 3.05) is 38.6 Å². The fraction of sp³-hybridized carbons (Fsp3) is 0.154. The second kappa shape index (κ2) is 13.1. The molecule has 3 rings (SSSR count). The maximum atomic E-state index is 12.2. The van der Waals surface area contributed by atoms with E-state index in [4.69, 9.17) is 18.9 Å². The molecule has 0 aliphatic rings. The van der Waals surface area contributed by atoms with Crippen LogP contribution in [0.2, 0.25) is 0 Å². The largest absolute Gasteiger partial charge is 0.497 e. The smallest absolute Gasteiger partial charge is 0.329 e. The summed E-state index contributed by atoms with van der Waals surface area (Å²) in [6.45, 7) is -0.252. The van der Waals surface area contributed by atoms with Crippen LogP contribution in [0.5, 0.6) is 23.0 Å². The highest BCUT2D eigenvalue weighted by molar-refractivity contribution is 6.39. The minimum absolute atomic E-state index is 0.252. The molecule has 0 fully saturated rings. The van der Waals surface area contributed by atoms with Gasteiger partial charge in [-0.1, -0.05) is 18.2 Å². The Kier molecular flexibility index (Phi) is 9.43. The number of para-hydroxylation sites is 2. The lowest BCUT2D eigenvalue weighted by atomic mass is 10.2. The number of hydrogen-bond acceptors (Lipinski definition) is 8. The van der Waals surface area contributed by atoms with Gasteiger partial charge in [-0.25, -0.2) is 5.43 Å². The number of carbonyl (C=O) groups excluding carboxylic acids is 3. The zero-order chi connectivity index (χ0) is 26.6. The maximum absolute atomic E-state index is 12.2. The van der Waals surface area contributed by atoms with Gasteiger partial charge in [-0.3, -0.25) is 14.4 Å². The molecule has 0 aliphatic carbocycles. The first kappa shape index (κ1) is 26.5. The van der Waals surface area contributed by atoms with E-state index in [0.29, 0.717) is 39.9 Å². The van der Waals surface area contributed by atoms with Crippen LogP contribution in [0.4, 0.5) is 11.4 Å². The number of benzene rings is 3. The summed E-state index contributed by atoms with van der Waals surface area (Å²) >= 11 is 0. The summed E-state index contributed by atoms with van der Waals surface area (Å²) in [6.07, 6.45) is 1.33. The number of nitrogens with zero attached hydrogens (tertiary/aromatic N) is 1. The van der Waals surface area contributed by atoms with Crippen molar-refractivity contribution in [3.05, 3.63) is 72.3 Å². The molecule has 0 atom stereocenters. The number of amides is 3. The molecule has 0 spiro atoms. The Morgan fingerprint density at radius 3 is 2.32 bits per heavy atom. The van der Waals surface area contributed by atoms with Crippen molar-refractivity contribution in [3.63, 3.8) is 0 Å². The average molecular weight is 507 g/mol. The lowest BCUT2D eigenvalue weighted by molar-refractivity contribution is -0.136. The van der Waals surface area contributed by atoms with Crippen molar-refractivity contribution in [1.82, 2.24) is 5.43 Å². The highest BCUT2D eigenvalue weighted by atomic mass is 16.5. The van der Waals surface area contributed by atoms with Gasteiger partial charge in [-0.2, -0.15) is 5.10 Å². The third kappa shape index (κ3) is 7.72. The highest BCUT2D eigenvalue weighted by Crippen LogP contribution is 2.28. The first-order valence-electron chi connectivity index (χ1n) is 11.0. The first-order chi connectivity index (χ1) is 17.9. The van der Waals surface area contributed by atoms with Crippen LogP contribution < -0.4 is 35.0 Å². The van der Waals surface area contributed by atoms with Crippen LogP contribution >= 0.6 is 0 Å². The molecule has 11 nitrogen and oxygen atoms in total. The van der Waals surface area contributed by atoms with E-state index in [2.05, 4.69) is 21.2 Å². The van der Waals surface area contributed by atoms with E-state index in [9.17, 15) is 14.4 Å². The van der Waals surface area contributed by atoms with Crippen LogP contribution in [0.15, 0.2) is 71.8 Å². The number of hydrazone groups is 1. The average Bonchev–Trinajstić information content (AvgIpc) is 2.92. The summed E-state index contributed by atoms with van der Waals surface area (Å²) in [6, 6.07) is 18.5. The molecular weight excluding hydrogens is 480 g/mol. The molecule has 0 aliphatic heterocycles. The monoisotopic (exact) mass is 506 g/mol. The second-order valence-electron chi connectivity index (χ2n) is 7.33. The van der Waals surface area contributed by atoms with E-state index in [0.717, 1.165) is 0 Å². The number of methoxy groups -OCH3 is 3. The fourth-order valence-electron chi connectivity index (χ4n) is 3.07. The van der Waals surface area contributed by atoms with E-state index in [-0.39, 0.29) is 12.5 Å². The standard InChI is InChI=1S/C26H26N4O7/c1-34-19-8-6-7-18(14-19)28-24(31)16-37-22-12-11-17(13-23(22)36-3)15-27-30-26(33)25(32)29-20-9-4-5-10-21(20)35-2/h4-15H,16H2,1-3H3,(H,28,31)(H,29,32)(H,30,33)/b27-15-. The third-order valence-corrected chi connectivity index (χ3v) is 4.84. The van der Waals surface area contributed by atoms with Crippen LogP contribution in [-0.4, -0.2) is 51.9 Å². The zero-order valence-electron chi connectivity index (χ0n) is 20.4. The molecule has 0 unspecified atom stereocenters. The number of carbonyl (C=O) groups is 3. The number of ether oxygens (including phenoxy) is 4. The lowest BCUT2D eigenvalue weighted by Gasteiger charge is -2.12. The molecule has 37 heavy (non-hydrogen) atoms. The predicted octanol–water partition coefficient (Wildman–Crippen LogP) is 2.82. The Hall–Kier alpha value is -5.06. The van der Waals surface area contributed by atoms with Gasteiger partial charge >= 0.3 is 11.8 Å². The van der Waals surface area contributed by atoms with Gasteiger partial charge in [0.2, 0.25) is 0 Å². The van der Waals surface area contributed by atoms with Crippen LogP contribution in [-0.2, 0) is 14.4 Å². The van der Waals surface area contributed by atoms with Gasteiger partial charge in [-0.05, 0) is 48.0 Å². The van der Waals surface area contributed by atoms with Crippen LogP contribution in [0.3, 0.4) is 0 Å². The van der Waals surface area contributed by atoms with Crippen LogP contribution in [0.25, 0.3) is 0 Å². The van der Waals surface area contributed by atoms with E-state index >= 15 is 0 Å². The molecule has 0 radical (unpaired) electrons. The van der Waals surface area contributed by atoms with Gasteiger partial charge in [0.05, 0.1) is 33.2 Å². The van der Waals surface area contributed by atoms with Crippen LogP contribution in [0, 0.1) is 0 Å². The topological polar surface area (TPSA) is 137 Å². The Balaban J connectivity index is 1.53. The maximum Gasteiger partial charge on any atom is 0.329 e. The van der Waals surface area contributed by atoms with Gasteiger partial charge in [-0.15, -0.1) is 0 Å². The van der Waals surface area contributed by atoms with E-state index in [1.165, 1.54) is 20.4 Å². The molecule has 11 heteroatoms. The van der Waals surface area contributed by atoms with Crippen molar-refractivity contribution >= 4 is 35.3 Å². The van der Waals surface area contributed by atoms with E-state index in [1.807, 2.05) is 0 Å². The molecule has 3 amide bonds. The molecule has 0 heterocycles. The van der Waals surface area contributed by atoms with Crippen LogP contribution in [0.1, 0.15) is 5.56 Å². The first-order valence-corrected chi connectivity index (χ1v) is 11.0. The van der Waals surface area contributed by atoms with E-state index in [1.54, 1.807) is 73.8 Å². The SMILES string of the molecule is COc1cccc(NC(=O)COc2ccc(/C=N\NC(=O)C(=O)Nc3ccccc3OC)cc2OC)c1. The molecule has 0 aromatic heterocycles. The summed E-state index contributed by atoms with van der Waals surface area (Å²) in [5.74, 6) is -0.523. The molecule has 0 saturated carbocycles. The van der Waals surface area contributed by atoms with Gasteiger partial charge in [0.1, 0.15) is 11.5 Å². The summed E-state index contributed by atoms with van der Waals surface area (Å²) < 4.78 is 21.2. The summed E-state index contributed by atoms with van der Waals surface area (Å²) in [4.78, 5) is 36.4. The van der Waals surface area contributed by atoms with Crippen molar-refractivity contribution in [3.8, 4) is 23.0 Å². The van der Waals surface area contributed by atoms with Gasteiger partial charge in [0, 0.05) is 11.8 Å². The summed E-state index contributed by atoms with van der Waals surface area (Å²) in [5.41, 5.74) is 3.63. The number of anilines is 2. The Morgan fingerprint density at radius 1 is 0.784 bits per heavy atom. The number of nitrogens with one attached hydrogen (secondary N) is 3. The van der Waals surface area contributed by atoms with E-state index < -0.39 is 11.8 Å². The Morgan fingerprint density at radius 2 is 1.57 bits per heavy atom. The fourth-order valence-corrected chi connectivity index (χ4v) is 3.07. The van der Waals surface area contributed by atoms with Crippen molar-refractivity contribution in [1.29, 1.82) is 0 Å². The molecule has 3 aromatic carbocycles. The van der Waals surface area contributed by atoms with Gasteiger partial charge in [0.25, 0.3) is 5.91 Å². The quantitative estimate of drug-likeness (QED) is 0.218. The zero-order valence-corrected chi connectivity index (χ0v) is 20.4.